The molecule has 13 heteroatoms. The van der Waals surface area contributed by atoms with Crippen LogP contribution in [0, 0.1) is 17.1 Å². The van der Waals surface area contributed by atoms with E-state index in [0.717, 1.165) is 80.2 Å². The Labute approximate surface area is 275 Å². The standard InChI is InChI=1S/C35H34FN9O3/c1-35(25-8-5-20(17-37)15-26(25)36)47-29-4-2-3-24(31(29)48-35)21-9-12-44(13-10-21)19-30-38-28-16-27(33-39-32(41-42-33)22-6-7-22)40-43-34(28)45(30)18-23-11-14-46-23/h2-5,8,15-16,21-23H,6-7,9-14,18-19H2,1H3,(H,39,41,42). The minimum Gasteiger partial charge on any atom is -0.444 e. The van der Waals surface area contributed by atoms with Crippen LogP contribution in [-0.4, -0.2) is 65.6 Å². The number of halogens is 1. The highest BCUT2D eigenvalue weighted by atomic mass is 19.1. The van der Waals surface area contributed by atoms with Crippen molar-refractivity contribution in [2.24, 2.45) is 0 Å². The van der Waals surface area contributed by atoms with Crippen LogP contribution in [0.25, 0.3) is 22.7 Å². The number of imidazole rings is 1. The van der Waals surface area contributed by atoms with Gasteiger partial charge in [-0.15, -0.1) is 10.2 Å². The molecule has 3 aromatic heterocycles. The first kappa shape index (κ1) is 29.2. The molecule has 3 aliphatic heterocycles. The topological polar surface area (TPSA) is 140 Å². The predicted octanol–water partition coefficient (Wildman–Crippen LogP) is 5.31. The maximum Gasteiger partial charge on any atom is 0.278 e. The lowest BCUT2D eigenvalue weighted by Crippen LogP contribution is -2.35. The van der Waals surface area contributed by atoms with Gasteiger partial charge in [-0.05, 0) is 81.4 Å². The molecule has 2 atom stereocenters. The summed E-state index contributed by atoms with van der Waals surface area (Å²) in [5, 5.41) is 25.7. The summed E-state index contributed by atoms with van der Waals surface area (Å²) in [6, 6.07) is 14.2. The van der Waals surface area contributed by atoms with Gasteiger partial charge in [-0.3, -0.25) is 10.00 Å². The van der Waals surface area contributed by atoms with Gasteiger partial charge in [0.05, 0.1) is 36.4 Å². The minimum atomic E-state index is -1.32. The molecule has 5 aromatic rings. The zero-order valence-electron chi connectivity index (χ0n) is 26.5. The third-order valence-corrected chi connectivity index (χ3v) is 10.0. The Bertz CT molecular complexity index is 2070. The number of piperidine rings is 1. The van der Waals surface area contributed by atoms with Crippen LogP contribution < -0.4 is 9.47 Å². The summed E-state index contributed by atoms with van der Waals surface area (Å²) in [5.41, 5.74) is 3.72. The Hall–Kier alpha value is -4.93. The largest absolute Gasteiger partial charge is 0.444 e. The molecule has 3 fully saturated rings. The average molecular weight is 648 g/mol. The Kier molecular flexibility index (Phi) is 6.91. The first-order chi connectivity index (χ1) is 23.4. The number of hydrogen-bond acceptors (Lipinski definition) is 10. The molecule has 0 amide bonds. The normalized spacial score (nSPS) is 22.6. The van der Waals surface area contributed by atoms with Crippen molar-refractivity contribution in [1.82, 2.24) is 39.8 Å². The molecule has 0 radical (unpaired) electrons. The van der Waals surface area contributed by atoms with Crippen LogP contribution in [0.4, 0.5) is 4.39 Å². The lowest BCUT2D eigenvalue weighted by molar-refractivity contribution is -0.0712. The molecule has 2 saturated heterocycles. The summed E-state index contributed by atoms with van der Waals surface area (Å²) in [5.74, 6) is 2.54. The number of aromatic nitrogens is 7. The highest BCUT2D eigenvalue weighted by Gasteiger charge is 2.43. The number of likely N-dealkylation sites (tertiary alicyclic amines) is 1. The number of nitrogens with one attached hydrogen (secondary N) is 1. The van der Waals surface area contributed by atoms with Crippen LogP contribution in [0.1, 0.15) is 79.2 Å². The van der Waals surface area contributed by atoms with Gasteiger partial charge >= 0.3 is 0 Å². The molecule has 1 saturated carbocycles. The predicted molar refractivity (Wildman–Crippen MR) is 170 cm³/mol. The summed E-state index contributed by atoms with van der Waals surface area (Å²) in [4.78, 5) is 12.1. The zero-order valence-corrected chi connectivity index (χ0v) is 26.5. The number of aromatic amines is 1. The number of para-hydroxylation sites is 1. The Morgan fingerprint density at radius 2 is 1.88 bits per heavy atom. The average Bonchev–Trinajstić information content (AvgIpc) is 3.54. The summed E-state index contributed by atoms with van der Waals surface area (Å²) in [6.45, 7) is 5.61. The van der Waals surface area contributed by atoms with Crippen molar-refractivity contribution in [2.75, 3.05) is 19.7 Å². The number of nitrogens with zero attached hydrogens (tertiary/aromatic N) is 8. The smallest absolute Gasteiger partial charge is 0.278 e. The Morgan fingerprint density at radius 1 is 1.02 bits per heavy atom. The van der Waals surface area contributed by atoms with Crippen molar-refractivity contribution < 1.29 is 18.6 Å². The highest BCUT2D eigenvalue weighted by Crippen LogP contribution is 2.50. The Morgan fingerprint density at radius 3 is 2.62 bits per heavy atom. The van der Waals surface area contributed by atoms with Crippen molar-refractivity contribution >= 4 is 11.2 Å². The molecule has 2 unspecified atom stereocenters. The second-order valence-electron chi connectivity index (χ2n) is 13.4. The number of H-pyrrole nitrogens is 1. The van der Waals surface area contributed by atoms with E-state index in [4.69, 9.17) is 24.5 Å². The second kappa shape index (κ2) is 11.4. The molecule has 2 aromatic carbocycles. The molecular formula is C35H34FN9O3. The van der Waals surface area contributed by atoms with Gasteiger partial charge in [-0.1, -0.05) is 12.1 Å². The maximum absolute atomic E-state index is 15.0. The number of hydrogen-bond donors (Lipinski definition) is 1. The van der Waals surface area contributed by atoms with Crippen molar-refractivity contribution in [2.45, 2.75) is 75.8 Å². The van der Waals surface area contributed by atoms with E-state index >= 15 is 4.39 Å². The van der Waals surface area contributed by atoms with Crippen molar-refractivity contribution in [3.05, 3.63) is 76.6 Å². The molecule has 9 rings (SSSR count). The van der Waals surface area contributed by atoms with Crippen LogP contribution >= 0.6 is 0 Å². The summed E-state index contributed by atoms with van der Waals surface area (Å²) in [6.07, 6.45) is 5.29. The van der Waals surface area contributed by atoms with Gasteiger partial charge in [0, 0.05) is 25.0 Å². The number of nitriles is 1. The lowest BCUT2D eigenvalue weighted by Gasteiger charge is -2.33. The molecule has 1 N–H and O–H groups in total. The number of ether oxygens (including phenoxy) is 3. The third kappa shape index (κ3) is 5.16. The monoisotopic (exact) mass is 647 g/mol. The number of benzene rings is 2. The first-order valence-corrected chi connectivity index (χ1v) is 16.6. The van der Waals surface area contributed by atoms with Crippen molar-refractivity contribution in [1.29, 1.82) is 5.26 Å². The van der Waals surface area contributed by atoms with Gasteiger partial charge in [-0.25, -0.2) is 14.4 Å². The fraction of sp³-hybridized carbons (Fsp3) is 0.429. The van der Waals surface area contributed by atoms with E-state index in [0.29, 0.717) is 42.0 Å². The fourth-order valence-electron chi connectivity index (χ4n) is 7.09. The Balaban J connectivity index is 0.922. The molecule has 48 heavy (non-hydrogen) atoms. The maximum atomic E-state index is 15.0. The van der Waals surface area contributed by atoms with Gasteiger partial charge in [-0.2, -0.15) is 10.4 Å². The molecule has 0 bridgehead atoms. The third-order valence-electron chi connectivity index (χ3n) is 10.0. The summed E-state index contributed by atoms with van der Waals surface area (Å²) < 4.78 is 35.6. The van der Waals surface area contributed by atoms with Gasteiger partial charge in [0.1, 0.15) is 28.7 Å². The number of fused-ring (bicyclic) bond motifs is 2. The first-order valence-electron chi connectivity index (χ1n) is 16.6. The molecule has 0 spiro atoms. The van der Waals surface area contributed by atoms with Gasteiger partial charge < -0.3 is 18.8 Å². The molecule has 244 valence electrons. The SMILES string of the molecule is CC1(c2ccc(C#N)cc2F)Oc2cccc(C3CCN(Cc4nc5cc(-c6n[nH]c(C7CC7)n6)nnc5n4CC4CCO4)CC3)c2O1. The van der Waals surface area contributed by atoms with E-state index in [1.54, 1.807) is 19.1 Å². The summed E-state index contributed by atoms with van der Waals surface area (Å²) >= 11 is 0. The fourth-order valence-corrected chi connectivity index (χ4v) is 7.09. The van der Waals surface area contributed by atoms with E-state index in [2.05, 4.69) is 40.9 Å². The number of rotatable bonds is 8. The van der Waals surface area contributed by atoms with Crippen molar-refractivity contribution in [3.8, 4) is 29.1 Å². The molecular weight excluding hydrogens is 613 g/mol. The summed E-state index contributed by atoms with van der Waals surface area (Å²) in [7, 11) is 0. The highest BCUT2D eigenvalue weighted by molar-refractivity contribution is 5.75. The van der Waals surface area contributed by atoms with Crippen molar-refractivity contribution in [3.63, 3.8) is 0 Å². The van der Waals surface area contributed by atoms with E-state index < -0.39 is 11.6 Å². The minimum absolute atomic E-state index is 0.147. The molecule has 4 aliphatic rings. The zero-order chi connectivity index (χ0) is 32.4. The van der Waals surface area contributed by atoms with E-state index in [9.17, 15) is 0 Å². The molecule has 6 heterocycles. The van der Waals surface area contributed by atoms with Crippen LogP contribution in [0.2, 0.25) is 0 Å². The van der Waals surface area contributed by atoms with Crippen LogP contribution in [0.15, 0.2) is 42.5 Å². The lowest BCUT2D eigenvalue weighted by atomic mass is 9.88. The van der Waals surface area contributed by atoms with Gasteiger partial charge in [0.15, 0.2) is 17.1 Å². The van der Waals surface area contributed by atoms with Gasteiger partial charge in [0.2, 0.25) is 5.82 Å². The van der Waals surface area contributed by atoms with Crippen LogP contribution in [-0.2, 0) is 23.6 Å². The van der Waals surface area contributed by atoms with Crippen LogP contribution in [0.5, 0.6) is 11.5 Å². The molecule has 12 nitrogen and oxygen atoms in total. The van der Waals surface area contributed by atoms with Gasteiger partial charge in [0.25, 0.3) is 5.79 Å². The second-order valence-corrected chi connectivity index (χ2v) is 13.4. The quantitative estimate of drug-likeness (QED) is 0.236. The van der Waals surface area contributed by atoms with E-state index in [1.165, 1.54) is 6.07 Å². The van der Waals surface area contributed by atoms with E-state index in [1.807, 2.05) is 24.3 Å². The molecule has 1 aliphatic carbocycles. The van der Waals surface area contributed by atoms with Crippen LogP contribution in [0.3, 0.4) is 0 Å². The van der Waals surface area contributed by atoms with E-state index in [-0.39, 0.29) is 23.1 Å².